The first kappa shape index (κ1) is 14.2. The molecule has 1 N–H and O–H groups in total. The fourth-order valence-electron chi connectivity index (χ4n) is 1.81. The fourth-order valence-corrected chi connectivity index (χ4v) is 1.81. The molecular formula is C13H25N3O. The van der Waals surface area contributed by atoms with Gasteiger partial charge in [0, 0.05) is 32.5 Å². The third-order valence-corrected chi connectivity index (χ3v) is 2.89. The van der Waals surface area contributed by atoms with Gasteiger partial charge in [-0.25, -0.2) is 4.98 Å². The van der Waals surface area contributed by atoms with Crippen molar-refractivity contribution in [1.29, 1.82) is 0 Å². The van der Waals surface area contributed by atoms with Gasteiger partial charge in [0.25, 0.3) is 0 Å². The van der Waals surface area contributed by atoms with Crippen molar-refractivity contribution in [3.8, 4) is 0 Å². The Morgan fingerprint density at radius 1 is 1.53 bits per heavy atom. The summed E-state index contributed by atoms with van der Waals surface area (Å²) in [5, 5.41) is 3.46. The van der Waals surface area contributed by atoms with Gasteiger partial charge in [0.2, 0.25) is 0 Å². The Morgan fingerprint density at radius 3 is 2.94 bits per heavy atom. The van der Waals surface area contributed by atoms with Crippen molar-refractivity contribution < 1.29 is 4.74 Å². The van der Waals surface area contributed by atoms with Gasteiger partial charge in [0.15, 0.2) is 0 Å². The van der Waals surface area contributed by atoms with Gasteiger partial charge < -0.3 is 14.6 Å². The summed E-state index contributed by atoms with van der Waals surface area (Å²) < 4.78 is 7.27. The Labute approximate surface area is 104 Å². The molecule has 1 aromatic rings. The summed E-state index contributed by atoms with van der Waals surface area (Å²) in [6.45, 7) is 9.22. The minimum atomic E-state index is 0.331. The first-order valence-corrected chi connectivity index (χ1v) is 6.45. The second-order valence-corrected chi connectivity index (χ2v) is 4.43. The molecular weight excluding hydrogens is 214 g/mol. The number of imidazole rings is 1. The maximum Gasteiger partial charge on any atom is 0.105 e. The number of ether oxygens (including phenoxy) is 1. The van der Waals surface area contributed by atoms with E-state index in [0.29, 0.717) is 6.04 Å². The standard InChI is InChI=1S/C13H25N3O/c1-5-7-14-11(2)13-10-16(12(3)15-13)8-6-9-17-4/h10-11,14H,5-9H2,1-4H3. The monoisotopic (exact) mass is 239 g/mol. The van der Waals surface area contributed by atoms with Gasteiger partial charge >= 0.3 is 0 Å². The maximum absolute atomic E-state index is 5.06. The summed E-state index contributed by atoms with van der Waals surface area (Å²) in [4.78, 5) is 4.60. The maximum atomic E-state index is 5.06. The van der Waals surface area contributed by atoms with E-state index in [1.54, 1.807) is 7.11 Å². The van der Waals surface area contributed by atoms with Gasteiger partial charge in [-0.1, -0.05) is 6.92 Å². The predicted molar refractivity (Wildman–Crippen MR) is 70.2 cm³/mol. The number of hydrogen-bond acceptors (Lipinski definition) is 3. The Morgan fingerprint density at radius 2 is 2.29 bits per heavy atom. The highest BCUT2D eigenvalue weighted by Gasteiger charge is 2.10. The van der Waals surface area contributed by atoms with Crippen LogP contribution >= 0.6 is 0 Å². The third-order valence-electron chi connectivity index (χ3n) is 2.89. The van der Waals surface area contributed by atoms with Crippen molar-refractivity contribution >= 4 is 0 Å². The van der Waals surface area contributed by atoms with E-state index in [-0.39, 0.29) is 0 Å². The largest absolute Gasteiger partial charge is 0.385 e. The van der Waals surface area contributed by atoms with Crippen LogP contribution in [0.25, 0.3) is 0 Å². The minimum Gasteiger partial charge on any atom is -0.385 e. The molecule has 0 aliphatic heterocycles. The third kappa shape index (κ3) is 4.48. The van der Waals surface area contributed by atoms with E-state index in [1.807, 2.05) is 0 Å². The smallest absolute Gasteiger partial charge is 0.105 e. The highest BCUT2D eigenvalue weighted by atomic mass is 16.5. The highest BCUT2D eigenvalue weighted by molar-refractivity contribution is 5.07. The minimum absolute atomic E-state index is 0.331. The van der Waals surface area contributed by atoms with E-state index in [2.05, 4.69) is 41.8 Å². The fraction of sp³-hybridized carbons (Fsp3) is 0.769. The molecule has 1 heterocycles. The molecule has 0 saturated carbocycles. The second-order valence-electron chi connectivity index (χ2n) is 4.43. The number of aryl methyl sites for hydroxylation is 2. The van der Waals surface area contributed by atoms with Crippen LogP contribution in [-0.4, -0.2) is 29.8 Å². The molecule has 4 heteroatoms. The molecule has 0 aliphatic rings. The lowest BCUT2D eigenvalue weighted by Gasteiger charge is -2.09. The molecule has 0 bridgehead atoms. The van der Waals surface area contributed by atoms with Gasteiger partial charge in [-0.2, -0.15) is 0 Å². The molecule has 0 amide bonds. The van der Waals surface area contributed by atoms with E-state index >= 15 is 0 Å². The van der Waals surface area contributed by atoms with E-state index in [1.165, 1.54) is 0 Å². The van der Waals surface area contributed by atoms with Crippen molar-refractivity contribution in [1.82, 2.24) is 14.9 Å². The summed E-state index contributed by atoms with van der Waals surface area (Å²) in [7, 11) is 1.74. The molecule has 0 aromatic carbocycles. The van der Waals surface area contributed by atoms with Crippen LogP contribution in [0.2, 0.25) is 0 Å². The summed E-state index contributed by atoms with van der Waals surface area (Å²) in [6.07, 6.45) is 4.33. The molecule has 0 aliphatic carbocycles. The summed E-state index contributed by atoms with van der Waals surface area (Å²) in [5.41, 5.74) is 1.13. The number of aromatic nitrogens is 2. The lowest BCUT2D eigenvalue weighted by molar-refractivity contribution is 0.190. The summed E-state index contributed by atoms with van der Waals surface area (Å²) in [6, 6.07) is 0.331. The number of nitrogens with one attached hydrogen (secondary N) is 1. The quantitative estimate of drug-likeness (QED) is 0.707. The molecule has 0 spiro atoms. The van der Waals surface area contributed by atoms with Crippen molar-refractivity contribution in [3.63, 3.8) is 0 Å². The molecule has 1 rings (SSSR count). The Bertz CT molecular complexity index is 322. The molecule has 1 atom stereocenters. The molecule has 17 heavy (non-hydrogen) atoms. The van der Waals surface area contributed by atoms with Gasteiger partial charge in [0.05, 0.1) is 5.69 Å². The Hall–Kier alpha value is -0.870. The van der Waals surface area contributed by atoms with Crippen molar-refractivity contribution in [2.45, 2.75) is 46.2 Å². The van der Waals surface area contributed by atoms with Crippen molar-refractivity contribution in [3.05, 3.63) is 17.7 Å². The van der Waals surface area contributed by atoms with Crippen LogP contribution in [0, 0.1) is 6.92 Å². The normalized spacial score (nSPS) is 12.9. The van der Waals surface area contributed by atoms with Crippen molar-refractivity contribution in [2.24, 2.45) is 0 Å². The number of hydrogen-bond donors (Lipinski definition) is 1. The summed E-state index contributed by atoms with van der Waals surface area (Å²) in [5.74, 6) is 1.08. The molecule has 4 nitrogen and oxygen atoms in total. The zero-order chi connectivity index (χ0) is 12.7. The topological polar surface area (TPSA) is 39.1 Å². The van der Waals surface area contributed by atoms with Crippen LogP contribution in [0.3, 0.4) is 0 Å². The molecule has 0 saturated heterocycles. The van der Waals surface area contributed by atoms with Gasteiger partial charge in [-0.15, -0.1) is 0 Å². The predicted octanol–water partition coefficient (Wildman–Crippen LogP) is 2.29. The second kappa shape index (κ2) is 7.45. The Kier molecular flexibility index (Phi) is 6.22. The lowest BCUT2D eigenvalue weighted by atomic mass is 10.2. The van der Waals surface area contributed by atoms with Crippen LogP contribution in [-0.2, 0) is 11.3 Å². The number of methoxy groups -OCH3 is 1. The zero-order valence-corrected chi connectivity index (χ0v) is 11.5. The molecule has 0 radical (unpaired) electrons. The first-order valence-electron chi connectivity index (χ1n) is 6.45. The van der Waals surface area contributed by atoms with E-state index in [9.17, 15) is 0 Å². The van der Waals surface area contributed by atoms with Crippen LogP contribution < -0.4 is 5.32 Å². The van der Waals surface area contributed by atoms with E-state index < -0.39 is 0 Å². The van der Waals surface area contributed by atoms with Crippen LogP contribution in [0.15, 0.2) is 6.20 Å². The first-order chi connectivity index (χ1) is 8.19. The highest BCUT2D eigenvalue weighted by Crippen LogP contribution is 2.12. The Balaban J connectivity index is 2.54. The average molecular weight is 239 g/mol. The molecule has 0 fully saturated rings. The van der Waals surface area contributed by atoms with Crippen molar-refractivity contribution in [2.75, 3.05) is 20.3 Å². The van der Waals surface area contributed by atoms with Gasteiger partial charge in [-0.05, 0) is 33.2 Å². The number of nitrogens with zero attached hydrogens (tertiary/aromatic N) is 2. The zero-order valence-electron chi connectivity index (χ0n) is 11.5. The molecule has 1 unspecified atom stereocenters. The molecule has 98 valence electrons. The van der Waals surface area contributed by atoms with Gasteiger partial charge in [0.1, 0.15) is 5.82 Å². The average Bonchev–Trinajstić information content (AvgIpc) is 2.68. The van der Waals surface area contributed by atoms with Crippen LogP contribution in [0.1, 0.15) is 44.2 Å². The molecule has 1 aromatic heterocycles. The lowest BCUT2D eigenvalue weighted by Crippen LogP contribution is -2.19. The summed E-state index contributed by atoms with van der Waals surface area (Å²) >= 11 is 0. The van der Waals surface area contributed by atoms with E-state index in [4.69, 9.17) is 4.74 Å². The number of rotatable bonds is 8. The van der Waals surface area contributed by atoms with Gasteiger partial charge in [-0.3, -0.25) is 0 Å². The SMILES string of the molecule is CCCNC(C)c1cn(CCCOC)c(C)n1. The van der Waals surface area contributed by atoms with Crippen LogP contribution in [0.4, 0.5) is 0 Å². The van der Waals surface area contributed by atoms with Crippen LogP contribution in [0.5, 0.6) is 0 Å². The van der Waals surface area contributed by atoms with E-state index in [0.717, 1.165) is 44.1 Å².